The lowest BCUT2D eigenvalue weighted by Gasteiger charge is -2.38. The van der Waals surface area contributed by atoms with E-state index < -0.39 is 23.8 Å². The Labute approximate surface area is 364 Å². The number of imidazole rings is 1. The third-order valence-corrected chi connectivity index (χ3v) is 13.4. The highest BCUT2D eigenvalue weighted by Crippen LogP contribution is 2.36. The predicted molar refractivity (Wildman–Crippen MR) is 235 cm³/mol. The van der Waals surface area contributed by atoms with Gasteiger partial charge in [0, 0.05) is 80.5 Å². The summed E-state index contributed by atoms with van der Waals surface area (Å²) in [7, 11) is 0. The number of hydrogen-bond acceptors (Lipinski definition) is 13. The molecule has 2 aromatic carbocycles. The van der Waals surface area contributed by atoms with Crippen LogP contribution in [0.25, 0.3) is 11.2 Å². The first kappa shape index (κ1) is 40.3. The number of hydrogen-bond donors (Lipinski definition) is 3. The van der Waals surface area contributed by atoms with Crippen LogP contribution in [0.5, 0.6) is 0 Å². The van der Waals surface area contributed by atoms with Gasteiger partial charge in [0.05, 0.1) is 17.5 Å². The Bertz CT molecular complexity index is 2590. The highest BCUT2D eigenvalue weighted by molar-refractivity contribution is 6.23. The number of pyridine rings is 1. The van der Waals surface area contributed by atoms with Gasteiger partial charge in [-0.15, -0.1) is 0 Å². The van der Waals surface area contributed by atoms with E-state index >= 15 is 0 Å². The van der Waals surface area contributed by atoms with Crippen molar-refractivity contribution in [1.29, 1.82) is 0 Å². The number of benzene rings is 2. The van der Waals surface area contributed by atoms with Crippen LogP contribution in [-0.4, -0.2) is 122 Å². The van der Waals surface area contributed by atoms with Crippen LogP contribution in [0.2, 0.25) is 0 Å². The fourth-order valence-electron chi connectivity index (χ4n) is 9.69. The summed E-state index contributed by atoms with van der Waals surface area (Å²) in [5, 5.41) is 8.80. The summed E-state index contributed by atoms with van der Waals surface area (Å²) in [5.74, 6) is -0.809. The molecule has 7 heterocycles. The lowest BCUT2D eigenvalue weighted by Crippen LogP contribution is -2.54. The molecule has 4 aliphatic heterocycles. The van der Waals surface area contributed by atoms with Gasteiger partial charge in [0.2, 0.25) is 11.8 Å². The smallest absolute Gasteiger partial charge is 0.270 e. The van der Waals surface area contributed by atoms with E-state index in [1.807, 2.05) is 31.5 Å². The number of aromatic nitrogens is 5. The summed E-state index contributed by atoms with van der Waals surface area (Å²) in [6, 6.07) is 18.6. The number of carbonyl (C=O) groups is 5. The van der Waals surface area contributed by atoms with Gasteiger partial charge < -0.3 is 25.0 Å². The van der Waals surface area contributed by atoms with Gasteiger partial charge in [-0.1, -0.05) is 6.07 Å². The van der Waals surface area contributed by atoms with Gasteiger partial charge in [0.1, 0.15) is 18.1 Å². The van der Waals surface area contributed by atoms with E-state index in [0.29, 0.717) is 34.1 Å². The number of rotatable bonds is 11. The quantitative estimate of drug-likeness (QED) is 0.160. The SMILES string of the molecule is Cc1cccc(C(=O)NC2CC(n3cnc4c(Nc5ccc(N6CCN(CCC7CCN(c8ccc9c(c8)C(=O)N([C@H]8CCC(=O)NC8=O)C9=O)CC7)CC6)cc5)ncnc43)C2)n1. The van der Waals surface area contributed by atoms with Gasteiger partial charge in [-0.05, 0) is 113 Å². The number of piperidine rings is 2. The highest BCUT2D eigenvalue weighted by Gasteiger charge is 2.45. The van der Waals surface area contributed by atoms with Crippen molar-refractivity contribution in [2.75, 3.05) is 60.9 Å². The number of anilines is 4. The van der Waals surface area contributed by atoms with Crippen molar-refractivity contribution in [1.82, 2.24) is 44.9 Å². The first-order chi connectivity index (χ1) is 30.6. The molecule has 0 bridgehead atoms. The van der Waals surface area contributed by atoms with Crippen LogP contribution in [0.3, 0.4) is 0 Å². The predicted octanol–water partition coefficient (Wildman–Crippen LogP) is 4.24. The lowest BCUT2D eigenvalue weighted by atomic mass is 9.86. The second kappa shape index (κ2) is 16.8. The van der Waals surface area contributed by atoms with E-state index in [2.05, 4.69) is 79.4 Å². The molecule has 17 nitrogen and oxygen atoms in total. The molecule has 63 heavy (non-hydrogen) atoms. The highest BCUT2D eigenvalue weighted by atomic mass is 16.2. The molecule has 5 aliphatic rings. The fraction of sp³-hybridized carbons (Fsp3) is 0.413. The van der Waals surface area contributed by atoms with Gasteiger partial charge in [-0.2, -0.15) is 0 Å². The fourth-order valence-corrected chi connectivity index (χ4v) is 9.69. The molecule has 3 saturated heterocycles. The maximum Gasteiger partial charge on any atom is 0.270 e. The van der Waals surface area contributed by atoms with Crippen LogP contribution in [0, 0.1) is 12.8 Å². The molecule has 324 valence electrons. The number of imide groups is 2. The van der Waals surface area contributed by atoms with Crippen LogP contribution < -0.4 is 25.8 Å². The van der Waals surface area contributed by atoms with Crippen LogP contribution in [0.15, 0.2) is 73.3 Å². The maximum absolute atomic E-state index is 13.3. The Hall–Kier alpha value is -6.75. The molecular weight excluding hydrogens is 801 g/mol. The number of aryl methyl sites for hydroxylation is 1. The first-order valence-corrected chi connectivity index (χ1v) is 22.0. The van der Waals surface area contributed by atoms with Crippen LogP contribution in [0.4, 0.5) is 22.9 Å². The molecule has 5 amide bonds. The molecule has 1 aliphatic carbocycles. The molecule has 10 rings (SSSR count). The number of nitrogens with one attached hydrogen (secondary N) is 3. The van der Waals surface area contributed by atoms with Crippen molar-refractivity contribution in [3.05, 3.63) is 95.8 Å². The Balaban J connectivity index is 0.663. The van der Waals surface area contributed by atoms with E-state index in [0.717, 1.165) is 106 Å². The van der Waals surface area contributed by atoms with Crippen molar-refractivity contribution < 1.29 is 24.0 Å². The zero-order chi connectivity index (χ0) is 43.2. The summed E-state index contributed by atoms with van der Waals surface area (Å²) in [6.07, 6.45) is 8.47. The number of piperazine rings is 1. The number of carbonyl (C=O) groups excluding carboxylic acids is 5. The minimum Gasteiger partial charge on any atom is -0.371 e. The lowest BCUT2D eigenvalue weighted by molar-refractivity contribution is -0.136. The topological polar surface area (TPSA) is 191 Å². The summed E-state index contributed by atoms with van der Waals surface area (Å²) in [6.45, 7) is 8.65. The minimum absolute atomic E-state index is 0.0690. The zero-order valence-corrected chi connectivity index (χ0v) is 35.2. The third kappa shape index (κ3) is 8.08. The van der Waals surface area contributed by atoms with E-state index in [1.165, 1.54) is 5.69 Å². The summed E-state index contributed by atoms with van der Waals surface area (Å²) in [5.41, 5.74) is 6.38. The number of amides is 5. The van der Waals surface area contributed by atoms with Gasteiger partial charge in [-0.3, -0.25) is 39.1 Å². The van der Waals surface area contributed by atoms with Gasteiger partial charge in [-0.25, -0.2) is 19.9 Å². The standard InChI is InChI=1S/C46H50N12O5/c1-28-3-2-4-37(50-28)43(60)52-31-23-34(24-31)57-27-49-40-41(47-26-48-42(40)57)51-30-5-7-32(8-6-30)56-21-19-54(20-22-56)16-13-29-14-17-55(18-15-29)33-9-10-35-36(25-33)46(63)58(45(35)62)38-11-12-39(59)53-44(38)61/h2-10,25-27,29,31,34,38H,11-24H2,1H3,(H,52,60)(H,47,48,51)(H,53,59,61)/t31?,34?,38-/m0/s1. The molecule has 17 heteroatoms. The number of fused-ring (bicyclic) bond motifs is 2. The van der Waals surface area contributed by atoms with Crippen LogP contribution in [0.1, 0.15) is 87.9 Å². The minimum atomic E-state index is -0.963. The average Bonchev–Trinajstić information content (AvgIpc) is 3.82. The molecule has 3 aromatic heterocycles. The van der Waals surface area contributed by atoms with E-state index in [-0.39, 0.29) is 36.7 Å². The van der Waals surface area contributed by atoms with Crippen molar-refractivity contribution in [2.45, 2.75) is 70.0 Å². The molecule has 0 radical (unpaired) electrons. The summed E-state index contributed by atoms with van der Waals surface area (Å²) in [4.78, 5) is 89.7. The zero-order valence-electron chi connectivity index (χ0n) is 35.2. The largest absolute Gasteiger partial charge is 0.371 e. The Morgan fingerprint density at radius 1 is 0.810 bits per heavy atom. The van der Waals surface area contributed by atoms with E-state index in [4.69, 9.17) is 0 Å². The van der Waals surface area contributed by atoms with Gasteiger partial charge in [0.15, 0.2) is 17.0 Å². The molecule has 3 N–H and O–H groups in total. The first-order valence-electron chi connectivity index (χ1n) is 22.0. The van der Waals surface area contributed by atoms with Crippen molar-refractivity contribution in [3.8, 4) is 0 Å². The van der Waals surface area contributed by atoms with Gasteiger partial charge in [0.25, 0.3) is 17.7 Å². The van der Waals surface area contributed by atoms with Gasteiger partial charge >= 0.3 is 0 Å². The molecule has 5 aromatic rings. The Kier molecular flexibility index (Phi) is 10.8. The van der Waals surface area contributed by atoms with E-state index in [9.17, 15) is 24.0 Å². The molecule has 0 unspecified atom stereocenters. The van der Waals surface area contributed by atoms with Crippen molar-refractivity contribution in [3.63, 3.8) is 0 Å². The second-order valence-corrected chi connectivity index (χ2v) is 17.4. The number of nitrogens with zero attached hydrogens (tertiary/aromatic N) is 9. The average molecular weight is 851 g/mol. The monoisotopic (exact) mass is 850 g/mol. The van der Waals surface area contributed by atoms with Crippen LogP contribution in [-0.2, 0) is 9.59 Å². The van der Waals surface area contributed by atoms with Crippen molar-refractivity contribution >= 4 is 63.6 Å². The summed E-state index contributed by atoms with van der Waals surface area (Å²) < 4.78 is 2.08. The second-order valence-electron chi connectivity index (χ2n) is 17.4. The van der Waals surface area contributed by atoms with Crippen molar-refractivity contribution in [2.24, 2.45) is 5.92 Å². The Morgan fingerprint density at radius 3 is 2.32 bits per heavy atom. The molecule has 1 atom stereocenters. The molecule has 1 saturated carbocycles. The molecular formula is C46H50N12O5. The normalized spacial score (nSPS) is 22.0. The molecule has 4 fully saturated rings. The van der Waals surface area contributed by atoms with E-state index in [1.54, 1.807) is 24.5 Å². The molecule has 0 spiro atoms. The van der Waals surface area contributed by atoms with Crippen LogP contribution >= 0.6 is 0 Å². The Morgan fingerprint density at radius 2 is 1.56 bits per heavy atom. The summed E-state index contributed by atoms with van der Waals surface area (Å²) >= 11 is 0. The third-order valence-electron chi connectivity index (χ3n) is 13.4. The maximum atomic E-state index is 13.3.